The number of nitrogens with one attached hydrogen (secondary N) is 1. The summed E-state index contributed by atoms with van der Waals surface area (Å²) >= 11 is 1.67. The molecule has 0 aliphatic heterocycles. The summed E-state index contributed by atoms with van der Waals surface area (Å²) < 4.78 is 1.14. The Morgan fingerprint density at radius 1 is 1.20 bits per heavy atom. The minimum Gasteiger partial charge on any atom is -0.397 e. The van der Waals surface area contributed by atoms with E-state index < -0.39 is 0 Å². The number of fused-ring (bicyclic) bond motifs is 1. The first-order chi connectivity index (χ1) is 9.63. The number of hydrogen-bond donors (Lipinski definition) is 2. The maximum Gasteiger partial charge on any atom is 0.0907 e. The summed E-state index contributed by atoms with van der Waals surface area (Å²) in [6.07, 6.45) is 0. The van der Waals surface area contributed by atoms with Gasteiger partial charge in [-0.15, -0.1) is 11.3 Å². The van der Waals surface area contributed by atoms with Crippen LogP contribution < -0.4 is 11.1 Å². The molecule has 4 heteroatoms. The molecule has 0 spiro atoms. The zero-order chi connectivity index (χ0) is 14.1. The Kier molecular flexibility index (Phi) is 3.32. The summed E-state index contributed by atoms with van der Waals surface area (Å²) in [5, 5.41) is 4.48. The first-order valence-corrected chi connectivity index (χ1v) is 7.40. The quantitative estimate of drug-likeness (QED) is 0.711. The van der Waals surface area contributed by atoms with Gasteiger partial charge in [-0.05, 0) is 37.1 Å². The molecule has 0 atom stereocenters. The molecule has 20 heavy (non-hydrogen) atoms. The molecule has 0 unspecified atom stereocenters. The van der Waals surface area contributed by atoms with Crippen molar-refractivity contribution in [3.05, 3.63) is 52.5 Å². The van der Waals surface area contributed by atoms with Gasteiger partial charge in [0, 0.05) is 6.54 Å². The lowest BCUT2D eigenvalue weighted by molar-refractivity contribution is 1.12. The fraction of sp³-hybridized carbons (Fsp3) is 0.188. The van der Waals surface area contributed by atoms with Crippen molar-refractivity contribution in [1.29, 1.82) is 0 Å². The predicted molar refractivity (Wildman–Crippen MR) is 87.3 cm³/mol. The highest BCUT2D eigenvalue weighted by molar-refractivity contribution is 7.18. The van der Waals surface area contributed by atoms with Crippen LogP contribution in [0.5, 0.6) is 0 Å². The normalized spacial score (nSPS) is 10.9. The minimum absolute atomic E-state index is 0.769. The molecule has 1 heterocycles. The summed E-state index contributed by atoms with van der Waals surface area (Å²) in [4.78, 5) is 4.51. The third-order valence-electron chi connectivity index (χ3n) is 3.40. The average Bonchev–Trinajstić information content (AvgIpc) is 2.76. The van der Waals surface area contributed by atoms with Gasteiger partial charge in [0.2, 0.25) is 0 Å². The van der Waals surface area contributed by atoms with Gasteiger partial charge in [0.1, 0.15) is 0 Å². The van der Waals surface area contributed by atoms with Crippen molar-refractivity contribution in [2.24, 2.45) is 0 Å². The Bertz CT molecular complexity index is 762. The van der Waals surface area contributed by atoms with Crippen LogP contribution in [0.3, 0.4) is 0 Å². The summed E-state index contributed by atoms with van der Waals surface area (Å²) in [6, 6.07) is 12.4. The highest BCUT2D eigenvalue weighted by Gasteiger charge is 2.06. The molecule has 0 amide bonds. The molecule has 0 fully saturated rings. The van der Waals surface area contributed by atoms with E-state index in [1.165, 1.54) is 11.1 Å². The first-order valence-electron chi connectivity index (χ1n) is 6.58. The number of aromatic nitrogens is 1. The molecular weight excluding hydrogens is 266 g/mol. The van der Waals surface area contributed by atoms with Crippen molar-refractivity contribution in [3.63, 3.8) is 0 Å². The number of nitrogen functional groups attached to an aromatic ring is 1. The summed E-state index contributed by atoms with van der Waals surface area (Å²) in [5.41, 5.74) is 11.4. The van der Waals surface area contributed by atoms with Gasteiger partial charge in [-0.25, -0.2) is 4.98 Å². The number of hydrogen-bond acceptors (Lipinski definition) is 4. The van der Waals surface area contributed by atoms with Crippen LogP contribution in [0.1, 0.15) is 16.1 Å². The zero-order valence-electron chi connectivity index (χ0n) is 11.6. The predicted octanol–water partition coefficient (Wildman–Crippen LogP) is 4.11. The average molecular weight is 283 g/mol. The van der Waals surface area contributed by atoms with Crippen LogP contribution in [-0.4, -0.2) is 4.98 Å². The van der Waals surface area contributed by atoms with Crippen molar-refractivity contribution in [1.82, 2.24) is 4.98 Å². The molecule has 3 aromatic rings. The first kappa shape index (κ1) is 12.9. The standard InChI is InChI=1S/C16H17N3S/c1-10-5-3-4-6-12(10)9-18-14-8-15-16(7-13(14)17)20-11(2)19-15/h3-8,18H,9,17H2,1-2H3. The van der Waals surface area contributed by atoms with Crippen molar-refractivity contribution in [3.8, 4) is 0 Å². The molecule has 3 nitrogen and oxygen atoms in total. The minimum atomic E-state index is 0.769. The highest BCUT2D eigenvalue weighted by atomic mass is 32.1. The molecular formula is C16H17N3S. The van der Waals surface area contributed by atoms with Crippen LogP contribution in [0, 0.1) is 13.8 Å². The van der Waals surface area contributed by atoms with E-state index in [9.17, 15) is 0 Å². The molecule has 2 aromatic carbocycles. The number of nitrogens with zero attached hydrogens (tertiary/aromatic N) is 1. The number of thiazole rings is 1. The van der Waals surface area contributed by atoms with Crippen molar-refractivity contribution in [2.75, 3.05) is 11.1 Å². The van der Waals surface area contributed by atoms with E-state index in [1.807, 2.05) is 19.1 Å². The van der Waals surface area contributed by atoms with Crippen molar-refractivity contribution in [2.45, 2.75) is 20.4 Å². The third-order valence-corrected chi connectivity index (χ3v) is 4.33. The molecule has 3 rings (SSSR count). The van der Waals surface area contributed by atoms with Gasteiger partial charge in [0.15, 0.2) is 0 Å². The second-order valence-corrected chi connectivity index (χ2v) is 6.15. The summed E-state index contributed by atoms with van der Waals surface area (Å²) in [5.74, 6) is 0. The van der Waals surface area contributed by atoms with Crippen LogP contribution in [0.2, 0.25) is 0 Å². The largest absolute Gasteiger partial charge is 0.397 e. The van der Waals surface area contributed by atoms with Crippen LogP contribution in [0.25, 0.3) is 10.2 Å². The second kappa shape index (κ2) is 5.13. The number of benzene rings is 2. The van der Waals surface area contributed by atoms with Gasteiger partial charge in [-0.2, -0.15) is 0 Å². The fourth-order valence-corrected chi connectivity index (χ4v) is 3.11. The number of aryl methyl sites for hydroxylation is 2. The Labute approximate surface area is 122 Å². The van der Waals surface area contributed by atoms with E-state index in [1.54, 1.807) is 11.3 Å². The molecule has 102 valence electrons. The SMILES string of the molecule is Cc1nc2cc(NCc3ccccc3C)c(N)cc2s1. The highest BCUT2D eigenvalue weighted by Crippen LogP contribution is 2.30. The van der Waals surface area contributed by atoms with Crippen LogP contribution >= 0.6 is 11.3 Å². The lowest BCUT2D eigenvalue weighted by atomic mass is 10.1. The van der Waals surface area contributed by atoms with E-state index in [-0.39, 0.29) is 0 Å². The number of rotatable bonds is 3. The van der Waals surface area contributed by atoms with Gasteiger partial charge >= 0.3 is 0 Å². The Hall–Kier alpha value is -2.07. The van der Waals surface area contributed by atoms with Gasteiger partial charge in [-0.3, -0.25) is 0 Å². The van der Waals surface area contributed by atoms with E-state index in [2.05, 4.69) is 41.5 Å². The fourth-order valence-electron chi connectivity index (χ4n) is 2.26. The van der Waals surface area contributed by atoms with Gasteiger partial charge < -0.3 is 11.1 Å². The smallest absolute Gasteiger partial charge is 0.0907 e. The number of nitrogens with two attached hydrogens (primary N) is 1. The Morgan fingerprint density at radius 3 is 2.80 bits per heavy atom. The second-order valence-electron chi connectivity index (χ2n) is 4.92. The molecule has 1 aromatic heterocycles. The van der Waals surface area contributed by atoms with Crippen LogP contribution in [0.15, 0.2) is 36.4 Å². The van der Waals surface area contributed by atoms with Gasteiger partial charge in [-0.1, -0.05) is 24.3 Å². The molecule has 0 aliphatic rings. The molecule has 0 bridgehead atoms. The molecule has 0 saturated heterocycles. The van der Waals surface area contributed by atoms with E-state index in [0.29, 0.717) is 0 Å². The summed E-state index contributed by atoms with van der Waals surface area (Å²) in [7, 11) is 0. The van der Waals surface area contributed by atoms with Crippen LogP contribution in [0.4, 0.5) is 11.4 Å². The zero-order valence-corrected chi connectivity index (χ0v) is 12.4. The number of anilines is 2. The Balaban J connectivity index is 1.87. The lowest BCUT2D eigenvalue weighted by Crippen LogP contribution is -2.03. The lowest BCUT2D eigenvalue weighted by Gasteiger charge is -2.11. The molecule has 0 aliphatic carbocycles. The van der Waals surface area contributed by atoms with Gasteiger partial charge in [0.05, 0.1) is 26.6 Å². The van der Waals surface area contributed by atoms with Gasteiger partial charge in [0.25, 0.3) is 0 Å². The van der Waals surface area contributed by atoms with Crippen LogP contribution in [-0.2, 0) is 6.54 Å². The van der Waals surface area contributed by atoms with E-state index in [4.69, 9.17) is 5.73 Å². The maximum atomic E-state index is 6.11. The molecule has 0 saturated carbocycles. The summed E-state index contributed by atoms with van der Waals surface area (Å²) in [6.45, 7) is 4.90. The monoisotopic (exact) mass is 283 g/mol. The van der Waals surface area contributed by atoms with E-state index in [0.717, 1.165) is 33.1 Å². The molecule has 0 radical (unpaired) electrons. The third kappa shape index (κ3) is 2.47. The van der Waals surface area contributed by atoms with Crippen molar-refractivity contribution >= 4 is 32.9 Å². The Morgan fingerprint density at radius 2 is 2.00 bits per heavy atom. The topological polar surface area (TPSA) is 50.9 Å². The van der Waals surface area contributed by atoms with Crippen molar-refractivity contribution < 1.29 is 0 Å². The molecule has 3 N–H and O–H groups in total. The maximum absolute atomic E-state index is 6.11. The van der Waals surface area contributed by atoms with E-state index >= 15 is 0 Å².